The number of alkyl halides is 3. The van der Waals surface area contributed by atoms with Crippen LogP contribution in [0.2, 0.25) is 0 Å². The average molecular weight is 336 g/mol. The van der Waals surface area contributed by atoms with E-state index in [2.05, 4.69) is 5.32 Å². The number of hydrogen-bond acceptors (Lipinski definition) is 5. The van der Waals surface area contributed by atoms with Crippen LogP contribution in [-0.4, -0.2) is 46.0 Å². The third kappa shape index (κ3) is 6.05. The van der Waals surface area contributed by atoms with E-state index in [1.165, 1.54) is 14.2 Å². The quantitative estimate of drug-likeness (QED) is 0.705. The lowest BCUT2D eigenvalue weighted by Crippen LogP contribution is -2.39. The molecule has 0 aliphatic heterocycles. The van der Waals surface area contributed by atoms with Gasteiger partial charge in [-0.3, -0.25) is 4.79 Å². The van der Waals surface area contributed by atoms with Crippen molar-refractivity contribution in [1.29, 1.82) is 0 Å². The fourth-order valence-electron chi connectivity index (χ4n) is 1.65. The van der Waals surface area contributed by atoms with Crippen LogP contribution < -0.4 is 15.8 Å². The highest BCUT2D eigenvalue weighted by Gasteiger charge is 2.31. The topological polar surface area (TPSA) is 82.8 Å². The summed E-state index contributed by atoms with van der Waals surface area (Å²) in [6.45, 7) is 0.303. The number of benzene rings is 1. The monoisotopic (exact) mass is 336 g/mol. The molecule has 6 nitrogen and oxygen atoms in total. The van der Waals surface area contributed by atoms with Gasteiger partial charge in [0.15, 0.2) is 0 Å². The average Bonchev–Trinajstić information content (AvgIpc) is 2.48. The van der Waals surface area contributed by atoms with Gasteiger partial charge in [-0.15, -0.1) is 0 Å². The van der Waals surface area contributed by atoms with Crippen LogP contribution >= 0.6 is 0 Å². The maximum Gasteiger partial charge on any atom is 0.416 e. The number of nitrogens with two attached hydrogens (primary N) is 1. The summed E-state index contributed by atoms with van der Waals surface area (Å²) in [4.78, 5) is 11.9. The van der Waals surface area contributed by atoms with E-state index in [4.69, 9.17) is 19.9 Å². The van der Waals surface area contributed by atoms with Crippen molar-refractivity contribution in [2.75, 3.05) is 39.4 Å². The van der Waals surface area contributed by atoms with Gasteiger partial charge in [-0.2, -0.15) is 13.2 Å². The highest BCUT2D eigenvalue weighted by molar-refractivity contribution is 5.96. The Morgan fingerprint density at radius 3 is 2.52 bits per heavy atom. The van der Waals surface area contributed by atoms with Gasteiger partial charge in [-0.1, -0.05) is 0 Å². The van der Waals surface area contributed by atoms with E-state index in [-0.39, 0.29) is 31.3 Å². The first-order valence-corrected chi connectivity index (χ1v) is 6.68. The van der Waals surface area contributed by atoms with Crippen LogP contribution in [0.5, 0.6) is 5.75 Å². The summed E-state index contributed by atoms with van der Waals surface area (Å²) in [5, 5.41) is 2.32. The molecule has 3 N–H and O–H groups in total. The Bertz CT molecular complexity index is 523. The summed E-state index contributed by atoms with van der Waals surface area (Å²) < 4.78 is 53.3. The predicted molar refractivity (Wildman–Crippen MR) is 77.3 cm³/mol. The van der Waals surface area contributed by atoms with E-state index in [0.717, 1.165) is 18.2 Å². The lowest BCUT2D eigenvalue weighted by atomic mass is 10.1. The molecule has 23 heavy (non-hydrogen) atoms. The third-order valence-electron chi connectivity index (χ3n) is 2.79. The first-order chi connectivity index (χ1) is 10.8. The number of anilines is 1. The summed E-state index contributed by atoms with van der Waals surface area (Å²) in [6.07, 6.45) is -4.54. The number of rotatable bonds is 8. The number of halogens is 3. The molecule has 0 aliphatic rings. The van der Waals surface area contributed by atoms with E-state index in [1.54, 1.807) is 0 Å². The van der Waals surface area contributed by atoms with Crippen molar-refractivity contribution in [2.45, 2.75) is 12.2 Å². The molecule has 1 rings (SSSR count). The molecule has 0 saturated carbocycles. The van der Waals surface area contributed by atoms with Gasteiger partial charge < -0.3 is 25.3 Å². The first-order valence-electron chi connectivity index (χ1n) is 6.68. The Balaban J connectivity index is 3.00. The van der Waals surface area contributed by atoms with Crippen molar-refractivity contribution in [1.82, 2.24) is 0 Å². The minimum absolute atomic E-state index is 0.0648. The van der Waals surface area contributed by atoms with Gasteiger partial charge in [-0.25, -0.2) is 0 Å². The number of amides is 1. The third-order valence-corrected chi connectivity index (χ3v) is 2.79. The Hall–Kier alpha value is -1.84. The molecule has 0 heterocycles. The summed E-state index contributed by atoms with van der Waals surface area (Å²) in [5.74, 6) is -0.587. The van der Waals surface area contributed by atoms with Gasteiger partial charge >= 0.3 is 6.18 Å². The fourth-order valence-corrected chi connectivity index (χ4v) is 1.65. The minimum Gasteiger partial charge on any atom is -0.489 e. The van der Waals surface area contributed by atoms with Crippen molar-refractivity contribution >= 4 is 11.6 Å². The van der Waals surface area contributed by atoms with Crippen molar-refractivity contribution < 1.29 is 32.2 Å². The van der Waals surface area contributed by atoms with Crippen LogP contribution in [0, 0.1) is 0 Å². The summed E-state index contributed by atoms with van der Waals surface area (Å²) in [5.41, 5.74) is 4.52. The number of carbonyl (C=O) groups is 1. The highest BCUT2D eigenvalue weighted by atomic mass is 19.4. The molecule has 0 bridgehead atoms. The van der Waals surface area contributed by atoms with E-state index in [1.807, 2.05) is 0 Å². The molecule has 1 aromatic carbocycles. The molecule has 1 aromatic rings. The Labute approximate surface area is 131 Å². The lowest BCUT2D eigenvalue weighted by Gasteiger charge is -2.17. The molecular weight excluding hydrogens is 317 g/mol. The molecule has 0 spiro atoms. The van der Waals surface area contributed by atoms with Crippen LogP contribution in [0.3, 0.4) is 0 Å². The molecule has 1 amide bonds. The van der Waals surface area contributed by atoms with Crippen LogP contribution in [0.1, 0.15) is 5.56 Å². The van der Waals surface area contributed by atoms with Crippen LogP contribution in [-0.2, 0) is 20.4 Å². The summed E-state index contributed by atoms with van der Waals surface area (Å²) in [6, 6.07) is 1.78. The van der Waals surface area contributed by atoms with Crippen molar-refractivity contribution in [3.05, 3.63) is 23.8 Å². The van der Waals surface area contributed by atoms with Gasteiger partial charge in [0.1, 0.15) is 18.4 Å². The van der Waals surface area contributed by atoms with Gasteiger partial charge in [0.25, 0.3) is 0 Å². The first kappa shape index (κ1) is 19.2. The van der Waals surface area contributed by atoms with Gasteiger partial charge in [0.2, 0.25) is 5.91 Å². The maximum absolute atomic E-state index is 12.8. The van der Waals surface area contributed by atoms with Gasteiger partial charge in [0, 0.05) is 14.2 Å². The minimum atomic E-state index is -4.54. The van der Waals surface area contributed by atoms with Crippen molar-refractivity contribution in [3.63, 3.8) is 0 Å². The molecule has 1 atom stereocenters. The Kier molecular flexibility index (Phi) is 7.27. The highest BCUT2D eigenvalue weighted by Crippen LogP contribution is 2.35. The number of carbonyl (C=O) groups excluding carboxylic acids is 1. The van der Waals surface area contributed by atoms with Crippen LogP contribution in [0.15, 0.2) is 18.2 Å². The second-order valence-electron chi connectivity index (χ2n) is 4.60. The second-order valence-corrected chi connectivity index (χ2v) is 4.60. The normalized spacial score (nSPS) is 12.8. The summed E-state index contributed by atoms with van der Waals surface area (Å²) in [7, 11) is 2.82. The van der Waals surface area contributed by atoms with E-state index < -0.39 is 23.7 Å². The Morgan fingerprint density at radius 1 is 1.26 bits per heavy atom. The molecular formula is C14H19F3N2O4. The van der Waals surface area contributed by atoms with Crippen LogP contribution in [0.4, 0.5) is 18.9 Å². The molecule has 1 unspecified atom stereocenters. The van der Waals surface area contributed by atoms with Crippen LogP contribution in [0.25, 0.3) is 0 Å². The maximum atomic E-state index is 12.8. The molecule has 9 heteroatoms. The van der Waals surface area contributed by atoms with E-state index >= 15 is 0 Å². The molecule has 0 aliphatic carbocycles. The zero-order valence-corrected chi connectivity index (χ0v) is 12.8. The zero-order chi connectivity index (χ0) is 17.5. The largest absolute Gasteiger partial charge is 0.489 e. The summed E-state index contributed by atoms with van der Waals surface area (Å²) >= 11 is 0. The SMILES string of the molecule is COCCOc1ccc(C(F)(F)F)cc1NC(=O)C(N)COC. The van der Waals surface area contributed by atoms with E-state index in [9.17, 15) is 18.0 Å². The lowest BCUT2D eigenvalue weighted by molar-refractivity contribution is -0.137. The zero-order valence-electron chi connectivity index (χ0n) is 12.8. The standard InChI is InChI=1S/C14H19F3N2O4/c1-21-5-6-23-12-4-3-9(14(15,16)17)7-11(12)19-13(20)10(18)8-22-2/h3-4,7,10H,5-6,8,18H2,1-2H3,(H,19,20). The molecule has 0 saturated heterocycles. The molecule has 0 radical (unpaired) electrons. The van der Waals surface area contributed by atoms with Gasteiger partial charge in [0.05, 0.1) is 24.5 Å². The number of ether oxygens (including phenoxy) is 3. The van der Waals surface area contributed by atoms with Crippen molar-refractivity contribution in [2.24, 2.45) is 5.73 Å². The van der Waals surface area contributed by atoms with Gasteiger partial charge in [-0.05, 0) is 18.2 Å². The fraction of sp³-hybridized carbons (Fsp3) is 0.500. The molecule has 130 valence electrons. The Morgan fingerprint density at radius 2 is 1.96 bits per heavy atom. The number of nitrogens with one attached hydrogen (secondary N) is 1. The smallest absolute Gasteiger partial charge is 0.416 e. The van der Waals surface area contributed by atoms with E-state index in [0.29, 0.717) is 0 Å². The predicted octanol–water partition coefficient (Wildman–Crippen LogP) is 1.64. The number of methoxy groups -OCH3 is 2. The second kappa shape index (κ2) is 8.70. The molecule has 0 aromatic heterocycles. The molecule has 0 fully saturated rings. The van der Waals surface area contributed by atoms with Crippen molar-refractivity contribution in [3.8, 4) is 5.75 Å². The number of hydrogen-bond donors (Lipinski definition) is 2.